The zero-order valence-corrected chi connectivity index (χ0v) is 11.2. The summed E-state index contributed by atoms with van der Waals surface area (Å²) in [6.07, 6.45) is 0.0865. The van der Waals surface area contributed by atoms with Crippen molar-refractivity contribution in [3.8, 4) is 6.07 Å². The van der Waals surface area contributed by atoms with Crippen LogP contribution >= 0.6 is 0 Å². The van der Waals surface area contributed by atoms with Crippen LogP contribution in [0.3, 0.4) is 0 Å². The highest BCUT2D eigenvalue weighted by Crippen LogP contribution is 2.11. The maximum Gasteiger partial charge on any atom is 0.328 e. The number of rotatable bonds is 5. The molecule has 0 radical (unpaired) electrons. The number of nitrogens with zero attached hydrogens (tertiary/aromatic N) is 1. The van der Waals surface area contributed by atoms with Gasteiger partial charge in [0.1, 0.15) is 11.9 Å². The second-order valence-corrected chi connectivity index (χ2v) is 4.32. The number of hydrogen-bond acceptors (Lipinski definition) is 4. The van der Waals surface area contributed by atoms with E-state index in [4.69, 9.17) is 5.26 Å². The first-order chi connectivity index (χ1) is 9.49. The highest BCUT2D eigenvalue weighted by Gasteiger charge is 2.28. The maximum absolute atomic E-state index is 13.1. The van der Waals surface area contributed by atoms with Gasteiger partial charge in [-0.05, 0) is 18.2 Å². The van der Waals surface area contributed by atoms with E-state index in [-0.39, 0.29) is 12.0 Å². The molecular formula is C14H15FN2O3. The predicted octanol–water partition coefficient (Wildman–Crippen LogP) is 1.65. The number of carbonyl (C=O) groups is 2. The normalized spacial score (nSPS) is 12.9. The van der Waals surface area contributed by atoms with Crippen molar-refractivity contribution in [2.45, 2.75) is 19.4 Å². The third-order valence-electron chi connectivity index (χ3n) is 2.81. The van der Waals surface area contributed by atoms with E-state index in [2.05, 4.69) is 10.1 Å². The Hall–Kier alpha value is -2.42. The molecule has 0 spiro atoms. The van der Waals surface area contributed by atoms with Crippen molar-refractivity contribution in [3.05, 3.63) is 35.6 Å². The lowest BCUT2D eigenvalue weighted by molar-refractivity contribution is -0.144. The Balaban J connectivity index is 2.87. The summed E-state index contributed by atoms with van der Waals surface area (Å²) in [5.41, 5.74) is 0.100. The predicted molar refractivity (Wildman–Crippen MR) is 69.1 cm³/mol. The number of halogens is 1. The average molecular weight is 278 g/mol. The number of nitriles is 1. The van der Waals surface area contributed by atoms with Crippen molar-refractivity contribution < 1.29 is 18.7 Å². The van der Waals surface area contributed by atoms with Gasteiger partial charge in [-0.3, -0.25) is 4.79 Å². The number of ether oxygens (including phenoxy) is 1. The number of esters is 1. The number of hydrogen-bond donors (Lipinski definition) is 1. The van der Waals surface area contributed by atoms with Crippen LogP contribution in [-0.4, -0.2) is 25.0 Å². The molecule has 0 heterocycles. The topological polar surface area (TPSA) is 79.2 Å². The van der Waals surface area contributed by atoms with Crippen LogP contribution in [0.15, 0.2) is 24.3 Å². The minimum absolute atomic E-state index is 0.0865. The largest absolute Gasteiger partial charge is 0.467 e. The molecule has 0 fully saturated rings. The fraction of sp³-hybridized carbons (Fsp3) is 0.357. The van der Waals surface area contributed by atoms with Crippen molar-refractivity contribution in [1.29, 1.82) is 5.26 Å². The lowest BCUT2D eigenvalue weighted by Gasteiger charge is -2.21. The van der Waals surface area contributed by atoms with Gasteiger partial charge < -0.3 is 10.1 Å². The molecule has 1 N–H and O–H groups in total. The lowest BCUT2D eigenvalue weighted by Crippen LogP contribution is -2.45. The first-order valence-corrected chi connectivity index (χ1v) is 6.00. The van der Waals surface area contributed by atoms with E-state index in [1.165, 1.54) is 25.3 Å². The van der Waals surface area contributed by atoms with Gasteiger partial charge in [0.15, 0.2) is 0 Å². The van der Waals surface area contributed by atoms with Gasteiger partial charge in [0.05, 0.1) is 13.2 Å². The molecular weight excluding hydrogens is 263 g/mol. The van der Waals surface area contributed by atoms with Crippen molar-refractivity contribution >= 4 is 11.9 Å². The van der Waals surface area contributed by atoms with E-state index >= 15 is 0 Å². The van der Waals surface area contributed by atoms with E-state index < -0.39 is 29.7 Å². The van der Waals surface area contributed by atoms with Crippen LogP contribution in [-0.2, 0) is 9.53 Å². The Bertz CT molecular complexity index is 539. The molecule has 1 aromatic carbocycles. The fourth-order valence-corrected chi connectivity index (χ4v) is 1.68. The Morgan fingerprint density at radius 3 is 2.75 bits per heavy atom. The fourth-order valence-electron chi connectivity index (χ4n) is 1.68. The van der Waals surface area contributed by atoms with Crippen LogP contribution in [0, 0.1) is 23.1 Å². The third kappa shape index (κ3) is 4.05. The summed E-state index contributed by atoms with van der Waals surface area (Å²) in [7, 11) is 1.20. The van der Waals surface area contributed by atoms with Gasteiger partial charge >= 0.3 is 5.97 Å². The Labute approximate surface area is 116 Å². The van der Waals surface area contributed by atoms with Gasteiger partial charge in [0.2, 0.25) is 0 Å². The standard InChI is InChI=1S/C14H15FN2O3/c1-9(6-7-16)12(14(19)20-2)17-13(18)10-4-3-5-11(15)8-10/h3-5,8-9,12H,6H2,1-2H3,(H,17,18)/t9-,12+/m1/s1. The minimum Gasteiger partial charge on any atom is -0.467 e. The molecule has 0 saturated carbocycles. The third-order valence-corrected chi connectivity index (χ3v) is 2.81. The van der Waals surface area contributed by atoms with Crippen molar-refractivity contribution in [2.75, 3.05) is 7.11 Å². The summed E-state index contributed by atoms with van der Waals surface area (Å²) >= 11 is 0. The van der Waals surface area contributed by atoms with Crippen molar-refractivity contribution in [1.82, 2.24) is 5.32 Å². The molecule has 1 aromatic rings. The zero-order valence-electron chi connectivity index (χ0n) is 11.2. The summed E-state index contributed by atoms with van der Waals surface area (Å²) in [6.45, 7) is 1.65. The summed E-state index contributed by atoms with van der Waals surface area (Å²) in [5, 5.41) is 11.1. The summed E-state index contributed by atoms with van der Waals surface area (Å²) in [4.78, 5) is 23.6. The Morgan fingerprint density at radius 2 is 2.20 bits per heavy atom. The number of nitrogens with one attached hydrogen (secondary N) is 1. The van der Waals surface area contributed by atoms with Gasteiger partial charge in [-0.25, -0.2) is 9.18 Å². The van der Waals surface area contributed by atoms with Crippen LogP contribution < -0.4 is 5.32 Å². The molecule has 0 aliphatic heterocycles. The second kappa shape index (κ2) is 7.24. The molecule has 0 unspecified atom stereocenters. The smallest absolute Gasteiger partial charge is 0.328 e. The van der Waals surface area contributed by atoms with E-state index in [9.17, 15) is 14.0 Å². The molecule has 6 heteroatoms. The Morgan fingerprint density at radius 1 is 1.50 bits per heavy atom. The van der Waals surface area contributed by atoms with E-state index in [1.54, 1.807) is 6.92 Å². The number of benzene rings is 1. The molecule has 0 saturated heterocycles. The van der Waals surface area contributed by atoms with Gasteiger partial charge in [0, 0.05) is 17.9 Å². The summed E-state index contributed by atoms with van der Waals surface area (Å²) in [5.74, 6) is -2.19. The number of methoxy groups -OCH3 is 1. The Kier molecular flexibility index (Phi) is 5.66. The lowest BCUT2D eigenvalue weighted by atomic mass is 9.98. The second-order valence-electron chi connectivity index (χ2n) is 4.32. The van der Waals surface area contributed by atoms with Crippen LogP contribution in [0.25, 0.3) is 0 Å². The molecule has 1 amide bonds. The van der Waals surface area contributed by atoms with Gasteiger partial charge in [0.25, 0.3) is 5.91 Å². The highest BCUT2D eigenvalue weighted by atomic mass is 19.1. The number of carbonyl (C=O) groups excluding carboxylic acids is 2. The van der Waals surface area contributed by atoms with E-state index in [0.717, 1.165) is 6.07 Å². The minimum atomic E-state index is -0.949. The first-order valence-electron chi connectivity index (χ1n) is 6.00. The molecule has 20 heavy (non-hydrogen) atoms. The molecule has 0 aliphatic rings. The van der Waals surface area contributed by atoms with E-state index in [1.807, 2.05) is 6.07 Å². The highest BCUT2D eigenvalue weighted by molar-refractivity contribution is 5.96. The van der Waals surface area contributed by atoms with Crippen LogP contribution in [0.1, 0.15) is 23.7 Å². The van der Waals surface area contributed by atoms with Crippen molar-refractivity contribution in [2.24, 2.45) is 5.92 Å². The first kappa shape index (κ1) is 15.6. The maximum atomic E-state index is 13.1. The van der Waals surface area contributed by atoms with Crippen LogP contribution in [0.2, 0.25) is 0 Å². The summed E-state index contributed by atoms with van der Waals surface area (Å²) in [6, 6.07) is 6.10. The zero-order chi connectivity index (χ0) is 15.1. The molecule has 106 valence electrons. The molecule has 0 aliphatic carbocycles. The van der Waals surface area contributed by atoms with Crippen LogP contribution in [0.4, 0.5) is 4.39 Å². The monoisotopic (exact) mass is 278 g/mol. The molecule has 1 rings (SSSR count). The van der Waals surface area contributed by atoms with E-state index in [0.29, 0.717) is 0 Å². The van der Waals surface area contributed by atoms with Gasteiger partial charge in [-0.15, -0.1) is 0 Å². The van der Waals surface area contributed by atoms with Gasteiger partial charge in [-0.1, -0.05) is 13.0 Å². The van der Waals surface area contributed by atoms with Crippen molar-refractivity contribution in [3.63, 3.8) is 0 Å². The molecule has 5 nitrogen and oxygen atoms in total. The summed E-state index contributed by atoms with van der Waals surface area (Å²) < 4.78 is 17.7. The SMILES string of the molecule is COC(=O)[C@@H](NC(=O)c1cccc(F)c1)[C@H](C)CC#N. The van der Waals surface area contributed by atoms with Gasteiger partial charge in [-0.2, -0.15) is 5.26 Å². The molecule has 0 bridgehead atoms. The molecule has 0 aromatic heterocycles. The number of amides is 1. The quantitative estimate of drug-likeness (QED) is 0.830. The average Bonchev–Trinajstić information content (AvgIpc) is 2.43. The molecule has 2 atom stereocenters. The van der Waals surface area contributed by atoms with Crippen LogP contribution in [0.5, 0.6) is 0 Å².